The van der Waals surface area contributed by atoms with Crippen LogP contribution in [0.25, 0.3) is 0 Å². The minimum Gasteiger partial charge on any atom is -0.357 e. The van der Waals surface area contributed by atoms with Gasteiger partial charge < -0.3 is 10.2 Å². The number of amides is 2. The second-order valence-corrected chi connectivity index (χ2v) is 11.2. The number of halogens is 2. The Hall–Kier alpha value is -3.07. The molecule has 0 saturated carbocycles. The SMILES string of the molecule is CC[C@@H](C(=O)NC)N(Cc1ccc(C)cc1)C(=O)CN(c1cc(Cl)cc(Cl)c1)S(=O)(=O)c1ccccc1. The Bertz CT molecular complexity index is 1330. The molecule has 0 spiro atoms. The molecular formula is C27H29Cl2N3O4S. The zero-order chi connectivity index (χ0) is 27.2. The molecule has 2 amide bonds. The van der Waals surface area contributed by atoms with Crippen LogP contribution in [0.4, 0.5) is 5.69 Å². The highest BCUT2D eigenvalue weighted by atomic mass is 35.5. The van der Waals surface area contributed by atoms with Crippen molar-refractivity contribution in [3.05, 3.63) is 94.0 Å². The van der Waals surface area contributed by atoms with Crippen molar-refractivity contribution < 1.29 is 18.0 Å². The van der Waals surface area contributed by atoms with Crippen LogP contribution in [0.5, 0.6) is 0 Å². The molecule has 7 nitrogen and oxygen atoms in total. The van der Waals surface area contributed by atoms with Gasteiger partial charge in [-0.05, 0) is 49.2 Å². The van der Waals surface area contributed by atoms with Crippen LogP contribution in [0.15, 0.2) is 77.7 Å². The number of sulfonamides is 1. The van der Waals surface area contributed by atoms with E-state index in [1.807, 2.05) is 31.2 Å². The number of hydrogen-bond acceptors (Lipinski definition) is 4. The van der Waals surface area contributed by atoms with E-state index >= 15 is 0 Å². The Balaban J connectivity index is 2.07. The molecule has 3 aromatic rings. The lowest BCUT2D eigenvalue weighted by atomic mass is 10.1. The zero-order valence-corrected chi connectivity index (χ0v) is 23.1. The molecular weight excluding hydrogens is 533 g/mol. The number of carbonyl (C=O) groups excluding carboxylic acids is 2. The normalized spacial score (nSPS) is 12.0. The summed E-state index contributed by atoms with van der Waals surface area (Å²) in [6.45, 7) is 3.31. The lowest BCUT2D eigenvalue weighted by molar-refractivity contribution is -0.140. The Labute approximate surface area is 228 Å². The van der Waals surface area contributed by atoms with Gasteiger partial charge in [-0.2, -0.15) is 0 Å². The zero-order valence-electron chi connectivity index (χ0n) is 20.8. The molecule has 0 aliphatic heterocycles. The van der Waals surface area contributed by atoms with E-state index in [-0.39, 0.29) is 33.1 Å². The van der Waals surface area contributed by atoms with Gasteiger partial charge in [0.1, 0.15) is 12.6 Å². The Morgan fingerprint density at radius 1 is 0.946 bits per heavy atom. The molecule has 0 aromatic heterocycles. The van der Waals surface area contributed by atoms with Crippen LogP contribution in [0.1, 0.15) is 24.5 Å². The molecule has 37 heavy (non-hydrogen) atoms. The lowest BCUT2D eigenvalue weighted by Gasteiger charge is -2.33. The summed E-state index contributed by atoms with van der Waals surface area (Å²) in [5.41, 5.74) is 2.00. The van der Waals surface area contributed by atoms with Gasteiger partial charge >= 0.3 is 0 Å². The van der Waals surface area contributed by atoms with E-state index in [0.717, 1.165) is 15.4 Å². The summed E-state index contributed by atoms with van der Waals surface area (Å²) in [4.78, 5) is 28.0. The molecule has 3 aromatic carbocycles. The molecule has 1 N–H and O–H groups in total. The van der Waals surface area contributed by atoms with Crippen LogP contribution in [0.3, 0.4) is 0 Å². The number of nitrogens with zero attached hydrogens (tertiary/aromatic N) is 2. The number of nitrogens with one attached hydrogen (secondary N) is 1. The molecule has 10 heteroatoms. The van der Waals surface area contributed by atoms with Gasteiger partial charge in [-0.15, -0.1) is 0 Å². The second kappa shape index (κ2) is 12.4. The van der Waals surface area contributed by atoms with Crippen molar-refractivity contribution in [2.75, 3.05) is 17.9 Å². The van der Waals surface area contributed by atoms with E-state index in [2.05, 4.69) is 5.32 Å². The average Bonchev–Trinajstić information content (AvgIpc) is 2.87. The summed E-state index contributed by atoms with van der Waals surface area (Å²) >= 11 is 12.4. The highest BCUT2D eigenvalue weighted by Crippen LogP contribution is 2.30. The number of hydrogen-bond donors (Lipinski definition) is 1. The fraction of sp³-hybridized carbons (Fsp3) is 0.259. The first kappa shape index (κ1) is 28.5. The van der Waals surface area contributed by atoms with Crippen molar-refractivity contribution in [3.8, 4) is 0 Å². The van der Waals surface area contributed by atoms with Gasteiger partial charge in [-0.25, -0.2) is 8.42 Å². The number of rotatable bonds is 10. The molecule has 0 radical (unpaired) electrons. The smallest absolute Gasteiger partial charge is 0.264 e. The lowest BCUT2D eigenvalue weighted by Crippen LogP contribution is -2.51. The van der Waals surface area contributed by atoms with Crippen LogP contribution < -0.4 is 9.62 Å². The molecule has 0 unspecified atom stereocenters. The molecule has 0 heterocycles. The van der Waals surface area contributed by atoms with Crippen LogP contribution in [-0.2, 0) is 26.2 Å². The molecule has 0 saturated heterocycles. The molecule has 0 fully saturated rings. The average molecular weight is 563 g/mol. The molecule has 196 valence electrons. The first-order valence-corrected chi connectivity index (χ1v) is 13.9. The third-order valence-electron chi connectivity index (χ3n) is 5.85. The van der Waals surface area contributed by atoms with E-state index in [0.29, 0.717) is 6.42 Å². The number of carbonyl (C=O) groups is 2. The van der Waals surface area contributed by atoms with Crippen LogP contribution in [0, 0.1) is 6.92 Å². The second-order valence-electron chi connectivity index (χ2n) is 8.50. The Morgan fingerprint density at radius 2 is 1.54 bits per heavy atom. The summed E-state index contributed by atoms with van der Waals surface area (Å²) in [7, 11) is -2.69. The Morgan fingerprint density at radius 3 is 2.08 bits per heavy atom. The predicted molar refractivity (Wildman–Crippen MR) is 147 cm³/mol. The number of benzene rings is 3. The van der Waals surface area contributed by atoms with E-state index in [9.17, 15) is 18.0 Å². The summed E-state index contributed by atoms with van der Waals surface area (Å²) in [5, 5.41) is 3.04. The standard InChI is InChI=1S/C27H29Cl2N3O4S/c1-4-25(27(34)30-3)31(17-20-12-10-19(2)11-13-20)26(33)18-32(23-15-21(28)14-22(29)16-23)37(35,36)24-8-6-5-7-9-24/h5-16,25H,4,17-18H2,1-3H3,(H,30,34)/t25-/m0/s1. The highest BCUT2D eigenvalue weighted by molar-refractivity contribution is 7.92. The minimum atomic E-state index is -4.18. The van der Waals surface area contributed by atoms with Gasteiger partial charge in [-0.3, -0.25) is 13.9 Å². The minimum absolute atomic E-state index is 0.00215. The topological polar surface area (TPSA) is 86.8 Å². The van der Waals surface area contributed by atoms with Crippen molar-refractivity contribution in [2.45, 2.75) is 37.8 Å². The fourth-order valence-electron chi connectivity index (χ4n) is 3.91. The van der Waals surface area contributed by atoms with Crippen LogP contribution >= 0.6 is 23.2 Å². The first-order valence-electron chi connectivity index (χ1n) is 11.7. The monoisotopic (exact) mass is 561 g/mol. The van der Waals surface area contributed by atoms with E-state index in [4.69, 9.17) is 23.2 Å². The third-order valence-corrected chi connectivity index (χ3v) is 8.08. The predicted octanol–water partition coefficient (Wildman–Crippen LogP) is 5.05. The van der Waals surface area contributed by atoms with Crippen molar-refractivity contribution >= 4 is 50.7 Å². The summed E-state index contributed by atoms with van der Waals surface area (Å²) in [6, 6.07) is 18.9. The summed E-state index contributed by atoms with van der Waals surface area (Å²) < 4.78 is 28.4. The molecule has 0 aliphatic carbocycles. The van der Waals surface area contributed by atoms with Crippen molar-refractivity contribution in [1.82, 2.24) is 10.2 Å². The maximum Gasteiger partial charge on any atom is 0.264 e. The van der Waals surface area contributed by atoms with Gasteiger partial charge in [-0.1, -0.05) is 78.2 Å². The van der Waals surface area contributed by atoms with Gasteiger partial charge in [0.05, 0.1) is 10.6 Å². The van der Waals surface area contributed by atoms with Crippen molar-refractivity contribution in [1.29, 1.82) is 0 Å². The van der Waals surface area contributed by atoms with Crippen LogP contribution in [0.2, 0.25) is 10.0 Å². The molecule has 0 aliphatic rings. The van der Waals surface area contributed by atoms with E-state index in [1.165, 1.54) is 42.3 Å². The highest BCUT2D eigenvalue weighted by Gasteiger charge is 2.33. The van der Waals surface area contributed by atoms with Gasteiger partial charge in [0.25, 0.3) is 10.0 Å². The maximum atomic E-state index is 13.8. The molecule has 0 bridgehead atoms. The summed E-state index contributed by atoms with van der Waals surface area (Å²) in [6.07, 6.45) is 0.339. The fourth-order valence-corrected chi connectivity index (χ4v) is 5.84. The maximum absolute atomic E-state index is 13.8. The van der Waals surface area contributed by atoms with Gasteiger partial charge in [0.15, 0.2) is 0 Å². The third kappa shape index (κ3) is 7.03. The Kier molecular flexibility index (Phi) is 9.59. The van der Waals surface area contributed by atoms with E-state index in [1.54, 1.807) is 25.1 Å². The van der Waals surface area contributed by atoms with Gasteiger partial charge in [0.2, 0.25) is 11.8 Å². The quantitative estimate of drug-likeness (QED) is 0.375. The van der Waals surface area contributed by atoms with Gasteiger partial charge in [0, 0.05) is 23.6 Å². The summed E-state index contributed by atoms with van der Waals surface area (Å²) in [5.74, 6) is -0.891. The molecule has 1 atom stereocenters. The number of likely N-dealkylation sites (N-methyl/N-ethyl adjacent to an activating group) is 1. The number of anilines is 1. The van der Waals surface area contributed by atoms with Crippen LogP contribution in [-0.4, -0.2) is 44.8 Å². The first-order chi connectivity index (χ1) is 17.6. The number of aryl methyl sites for hydroxylation is 1. The molecule has 3 rings (SSSR count). The van der Waals surface area contributed by atoms with Crippen molar-refractivity contribution in [3.63, 3.8) is 0 Å². The van der Waals surface area contributed by atoms with Crippen molar-refractivity contribution in [2.24, 2.45) is 0 Å². The largest absolute Gasteiger partial charge is 0.357 e. The van der Waals surface area contributed by atoms with E-state index < -0.39 is 28.5 Å².